The van der Waals surface area contributed by atoms with Crippen LogP contribution in [0.3, 0.4) is 0 Å². The lowest BCUT2D eigenvalue weighted by atomic mass is 10.1. The highest BCUT2D eigenvalue weighted by Gasteiger charge is 2.12. The van der Waals surface area contributed by atoms with Gasteiger partial charge in [-0.2, -0.15) is 5.10 Å². The molecule has 0 radical (unpaired) electrons. The van der Waals surface area contributed by atoms with Gasteiger partial charge >= 0.3 is 0 Å². The van der Waals surface area contributed by atoms with Gasteiger partial charge < -0.3 is 11.1 Å². The van der Waals surface area contributed by atoms with Gasteiger partial charge in [-0.25, -0.2) is 0 Å². The normalized spacial score (nSPS) is 17.8. The topological polar surface area (TPSA) is 68.2 Å². The Labute approximate surface area is 128 Å². The van der Waals surface area contributed by atoms with Gasteiger partial charge in [0.15, 0.2) is 5.96 Å². The molecule has 1 aliphatic rings. The summed E-state index contributed by atoms with van der Waals surface area (Å²) in [5, 5.41) is 7.82. The van der Waals surface area contributed by atoms with Crippen molar-refractivity contribution >= 4 is 5.96 Å². The summed E-state index contributed by atoms with van der Waals surface area (Å²) < 4.78 is 1.93. The Bertz CT molecular complexity index is 481. The third-order valence-electron chi connectivity index (χ3n) is 4.51. The van der Waals surface area contributed by atoms with Gasteiger partial charge in [0.2, 0.25) is 0 Å². The maximum Gasteiger partial charge on any atom is 0.188 e. The van der Waals surface area contributed by atoms with Crippen molar-refractivity contribution in [1.29, 1.82) is 0 Å². The molecule has 0 atom stereocenters. The Morgan fingerprint density at radius 2 is 1.95 bits per heavy atom. The number of hydrogen-bond acceptors (Lipinski definition) is 2. The largest absolute Gasteiger partial charge is 0.370 e. The minimum atomic E-state index is 0.512. The van der Waals surface area contributed by atoms with Crippen LogP contribution in [0.1, 0.15) is 55.5 Å². The van der Waals surface area contributed by atoms with Crippen LogP contribution < -0.4 is 11.1 Å². The number of nitrogens with one attached hydrogen (secondary N) is 1. The molecule has 1 aliphatic carbocycles. The predicted octanol–water partition coefficient (Wildman–Crippen LogP) is 2.21. The van der Waals surface area contributed by atoms with E-state index in [-0.39, 0.29) is 0 Å². The lowest BCUT2D eigenvalue weighted by molar-refractivity contribution is 0.530. The number of aliphatic imine (C=N–C) groups is 1. The molecule has 0 amide bonds. The predicted molar refractivity (Wildman–Crippen MR) is 87.5 cm³/mol. The van der Waals surface area contributed by atoms with Crippen LogP contribution in [0, 0.1) is 13.8 Å². The quantitative estimate of drug-likeness (QED) is 0.508. The molecular weight excluding hydrogens is 262 g/mol. The first-order chi connectivity index (χ1) is 10.1. The van der Waals surface area contributed by atoms with Crippen LogP contribution in [0.4, 0.5) is 0 Å². The van der Waals surface area contributed by atoms with E-state index in [9.17, 15) is 0 Å². The van der Waals surface area contributed by atoms with Gasteiger partial charge in [0, 0.05) is 25.3 Å². The maximum absolute atomic E-state index is 6.02. The SMILES string of the molecule is Cc1nn(C)c(C)c1CCN=C(N)NC1CCCCCC1. The zero-order chi connectivity index (χ0) is 15.2. The second kappa shape index (κ2) is 7.48. The van der Waals surface area contributed by atoms with Gasteiger partial charge in [-0.3, -0.25) is 9.67 Å². The molecule has 1 saturated carbocycles. The Morgan fingerprint density at radius 3 is 2.52 bits per heavy atom. The fourth-order valence-corrected chi connectivity index (χ4v) is 3.15. The second-order valence-corrected chi connectivity index (χ2v) is 6.12. The summed E-state index contributed by atoms with van der Waals surface area (Å²) in [6.07, 6.45) is 8.66. The van der Waals surface area contributed by atoms with E-state index in [2.05, 4.69) is 29.3 Å². The summed E-state index contributed by atoms with van der Waals surface area (Å²) in [6.45, 7) is 4.88. The monoisotopic (exact) mass is 291 g/mol. The fraction of sp³-hybridized carbons (Fsp3) is 0.750. The number of nitrogens with two attached hydrogens (primary N) is 1. The molecule has 0 aliphatic heterocycles. The molecule has 0 saturated heterocycles. The van der Waals surface area contributed by atoms with Crippen molar-refractivity contribution in [1.82, 2.24) is 15.1 Å². The van der Waals surface area contributed by atoms with Crippen molar-refractivity contribution < 1.29 is 0 Å². The molecule has 1 aromatic heterocycles. The van der Waals surface area contributed by atoms with Crippen LogP contribution >= 0.6 is 0 Å². The number of guanidine groups is 1. The molecule has 5 heteroatoms. The molecule has 0 bridgehead atoms. The summed E-state index contributed by atoms with van der Waals surface area (Å²) >= 11 is 0. The minimum Gasteiger partial charge on any atom is -0.370 e. The number of aryl methyl sites for hydroxylation is 2. The van der Waals surface area contributed by atoms with E-state index < -0.39 is 0 Å². The van der Waals surface area contributed by atoms with Crippen LogP contribution in [-0.2, 0) is 13.5 Å². The molecule has 1 aromatic rings. The molecule has 21 heavy (non-hydrogen) atoms. The molecular formula is C16H29N5. The Morgan fingerprint density at radius 1 is 1.29 bits per heavy atom. The first-order valence-corrected chi connectivity index (χ1v) is 8.13. The highest BCUT2D eigenvalue weighted by atomic mass is 15.3. The third-order valence-corrected chi connectivity index (χ3v) is 4.51. The van der Waals surface area contributed by atoms with Crippen LogP contribution in [0.5, 0.6) is 0 Å². The van der Waals surface area contributed by atoms with E-state index in [1.807, 2.05) is 11.7 Å². The molecule has 2 rings (SSSR count). The molecule has 1 heterocycles. The van der Waals surface area contributed by atoms with E-state index in [4.69, 9.17) is 5.73 Å². The van der Waals surface area contributed by atoms with Gasteiger partial charge in [0.1, 0.15) is 0 Å². The lowest BCUT2D eigenvalue weighted by Gasteiger charge is -2.16. The summed E-state index contributed by atoms with van der Waals surface area (Å²) in [4.78, 5) is 4.48. The molecule has 3 N–H and O–H groups in total. The van der Waals surface area contributed by atoms with Crippen molar-refractivity contribution in [2.24, 2.45) is 17.8 Å². The zero-order valence-corrected chi connectivity index (χ0v) is 13.7. The van der Waals surface area contributed by atoms with Gasteiger partial charge in [-0.1, -0.05) is 25.7 Å². The van der Waals surface area contributed by atoms with Crippen molar-refractivity contribution in [3.63, 3.8) is 0 Å². The van der Waals surface area contributed by atoms with Crippen LogP contribution in [0.15, 0.2) is 4.99 Å². The second-order valence-electron chi connectivity index (χ2n) is 6.12. The average Bonchev–Trinajstić information content (AvgIpc) is 2.65. The molecule has 0 unspecified atom stereocenters. The third kappa shape index (κ3) is 4.48. The van der Waals surface area contributed by atoms with Crippen molar-refractivity contribution in [2.45, 2.75) is 64.8 Å². The molecule has 1 fully saturated rings. The van der Waals surface area contributed by atoms with Gasteiger partial charge in [-0.15, -0.1) is 0 Å². The van der Waals surface area contributed by atoms with Crippen LogP contribution in [-0.4, -0.2) is 28.3 Å². The summed E-state index contributed by atoms with van der Waals surface area (Å²) in [6, 6.07) is 0.512. The van der Waals surface area contributed by atoms with Crippen molar-refractivity contribution in [2.75, 3.05) is 6.54 Å². The van der Waals surface area contributed by atoms with E-state index in [0.717, 1.165) is 18.7 Å². The van der Waals surface area contributed by atoms with E-state index >= 15 is 0 Å². The van der Waals surface area contributed by atoms with E-state index in [0.29, 0.717) is 12.0 Å². The smallest absolute Gasteiger partial charge is 0.188 e. The van der Waals surface area contributed by atoms with Gasteiger partial charge in [0.05, 0.1) is 5.69 Å². The van der Waals surface area contributed by atoms with Crippen LogP contribution in [0.25, 0.3) is 0 Å². The lowest BCUT2D eigenvalue weighted by Crippen LogP contribution is -2.40. The first kappa shape index (κ1) is 15.9. The highest BCUT2D eigenvalue weighted by Crippen LogP contribution is 2.17. The maximum atomic E-state index is 6.02. The number of aromatic nitrogens is 2. The van der Waals surface area contributed by atoms with Crippen molar-refractivity contribution in [3.8, 4) is 0 Å². The number of hydrogen-bond donors (Lipinski definition) is 2. The summed E-state index contributed by atoms with van der Waals surface area (Å²) in [5.41, 5.74) is 9.63. The van der Waals surface area contributed by atoms with E-state index in [1.54, 1.807) is 0 Å². The zero-order valence-electron chi connectivity index (χ0n) is 13.7. The Hall–Kier alpha value is -1.52. The fourth-order valence-electron chi connectivity index (χ4n) is 3.15. The molecule has 118 valence electrons. The Kier molecular flexibility index (Phi) is 5.65. The molecule has 0 aromatic carbocycles. The van der Waals surface area contributed by atoms with Crippen LogP contribution in [0.2, 0.25) is 0 Å². The standard InChI is InChI=1S/C16H29N5/c1-12-15(13(2)21(3)20-12)10-11-18-16(17)19-14-8-6-4-5-7-9-14/h14H,4-11H2,1-3H3,(H3,17,18,19). The first-order valence-electron chi connectivity index (χ1n) is 8.13. The number of nitrogens with zero attached hydrogens (tertiary/aromatic N) is 3. The highest BCUT2D eigenvalue weighted by molar-refractivity contribution is 5.78. The van der Waals surface area contributed by atoms with Gasteiger partial charge in [0.25, 0.3) is 0 Å². The summed E-state index contributed by atoms with van der Waals surface area (Å²) in [5.74, 6) is 0.598. The molecule has 5 nitrogen and oxygen atoms in total. The Balaban J connectivity index is 1.82. The average molecular weight is 291 g/mol. The van der Waals surface area contributed by atoms with E-state index in [1.165, 1.54) is 49.8 Å². The number of rotatable bonds is 4. The van der Waals surface area contributed by atoms with Crippen molar-refractivity contribution in [3.05, 3.63) is 17.0 Å². The minimum absolute atomic E-state index is 0.512. The van der Waals surface area contributed by atoms with Gasteiger partial charge in [-0.05, 0) is 38.7 Å². The molecule has 0 spiro atoms. The summed E-state index contributed by atoms with van der Waals surface area (Å²) in [7, 11) is 1.98.